The number of nitrogens with zero attached hydrogens (tertiary/aromatic N) is 2. The van der Waals surface area contributed by atoms with Gasteiger partial charge >= 0.3 is 0 Å². The van der Waals surface area contributed by atoms with Crippen LogP contribution < -0.4 is 0 Å². The van der Waals surface area contributed by atoms with Crippen molar-refractivity contribution in [3.8, 4) is 0 Å². The Morgan fingerprint density at radius 2 is 1.84 bits per heavy atom. The van der Waals surface area contributed by atoms with Crippen LogP contribution in [0.5, 0.6) is 0 Å². The average molecular weight is 340 g/mol. The zero-order valence-corrected chi connectivity index (χ0v) is 15.1. The SMILES string of the molecule is C[C@H]1CN(C(=O)[C@@H]2CC[C@@H]3CCCCC(=O)N32)C[C@@H]1c1ccccc1. The summed E-state index contributed by atoms with van der Waals surface area (Å²) in [5.74, 6) is 1.25. The van der Waals surface area contributed by atoms with Crippen LogP contribution in [0.2, 0.25) is 0 Å². The molecule has 4 atom stereocenters. The van der Waals surface area contributed by atoms with Gasteiger partial charge < -0.3 is 9.80 Å². The van der Waals surface area contributed by atoms with Crippen LogP contribution in [0.15, 0.2) is 30.3 Å². The quantitative estimate of drug-likeness (QED) is 0.830. The zero-order valence-electron chi connectivity index (χ0n) is 15.1. The topological polar surface area (TPSA) is 40.6 Å². The third-order valence-corrected chi connectivity index (χ3v) is 6.41. The van der Waals surface area contributed by atoms with Gasteiger partial charge in [0.05, 0.1) is 0 Å². The standard InChI is InChI=1S/C21H28N2O2/c1-15-13-22(14-18(15)16-7-3-2-4-8-16)21(25)19-12-11-17-9-5-6-10-20(24)23(17)19/h2-4,7-8,15,17-19H,5-6,9-14H2,1H3/t15-,17-,18-,19-/m0/s1. The molecule has 3 aliphatic heterocycles. The second kappa shape index (κ2) is 6.81. The number of likely N-dealkylation sites (tertiary alicyclic amines) is 1. The van der Waals surface area contributed by atoms with Crippen molar-refractivity contribution >= 4 is 11.8 Å². The molecule has 4 heteroatoms. The van der Waals surface area contributed by atoms with Gasteiger partial charge in [0.2, 0.25) is 11.8 Å². The molecule has 0 bridgehead atoms. The number of amides is 2. The lowest BCUT2D eigenvalue weighted by Crippen LogP contribution is -2.49. The maximum atomic E-state index is 13.2. The van der Waals surface area contributed by atoms with E-state index in [0.717, 1.165) is 45.2 Å². The summed E-state index contributed by atoms with van der Waals surface area (Å²) in [6, 6.07) is 10.6. The molecule has 4 nitrogen and oxygen atoms in total. The Labute approximate surface area is 150 Å². The van der Waals surface area contributed by atoms with Crippen molar-refractivity contribution in [2.24, 2.45) is 5.92 Å². The van der Waals surface area contributed by atoms with Gasteiger partial charge in [0.15, 0.2) is 0 Å². The Hall–Kier alpha value is -1.84. The fourth-order valence-electron chi connectivity index (χ4n) is 5.06. The first kappa shape index (κ1) is 16.6. The minimum atomic E-state index is -0.211. The summed E-state index contributed by atoms with van der Waals surface area (Å²) < 4.78 is 0. The highest BCUT2D eigenvalue weighted by molar-refractivity contribution is 5.89. The highest BCUT2D eigenvalue weighted by Crippen LogP contribution is 2.36. The smallest absolute Gasteiger partial charge is 0.245 e. The summed E-state index contributed by atoms with van der Waals surface area (Å²) in [7, 11) is 0. The molecule has 0 radical (unpaired) electrons. The van der Waals surface area contributed by atoms with Gasteiger partial charge in [0.1, 0.15) is 6.04 Å². The van der Waals surface area contributed by atoms with E-state index in [1.54, 1.807) is 0 Å². The van der Waals surface area contributed by atoms with Gasteiger partial charge in [-0.3, -0.25) is 9.59 Å². The van der Waals surface area contributed by atoms with E-state index in [9.17, 15) is 9.59 Å². The van der Waals surface area contributed by atoms with Gasteiger partial charge in [-0.05, 0) is 37.2 Å². The first-order chi connectivity index (χ1) is 12.1. The molecule has 2 amide bonds. The van der Waals surface area contributed by atoms with Gasteiger partial charge in [-0.1, -0.05) is 43.7 Å². The predicted octanol–water partition coefficient (Wildman–Crippen LogP) is 3.18. The van der Waals surface area contributed by atoms with Crippen LogP contribution >= 0.6 is 0 Å². The molecule has 0 aliphatic carbocycles. The molecule has 3 saturated heterocycles. The van der Waals surface area contributed by atoms with E-state index < -0.39 is 0 Å². The number of hydrogen-bond donors (Lipinski definition) is 0. The molecular weight excluding hydrogens is 312 g/mol. The molecule has 3 aliphatic rings. The summed E-state index contributed by atoms with van der Waals surface area (Å²) in [6.07, 6.45) is 5.61. The minimum Gasteiger partial charge on any atom is -0.340 e. The van der Waals surface area contributed by atoms with Crippen LogP contribution in [-0.4, -0.2) is 46.8 Å². The van der Waals surface area contributed by atoms with Crippen molar-refractivity contribution in [1.29, 1.82) is 0 Å². The van der Waals surface area contributed by atoms with Gasteiger partial charge in [-0.25, -0.2) is 0 Å². The van der Waals surface area contributed by atoms with Crippen LogP contribution in [0.3, 0.4) is 0 Å². The second-order valence-corrected chi connectivity index (χ2v) is 8.03. The third-order valence-electron chi connectivity index (χ3n) is 6.41. The van der Waals surface area contributed by atoms with E-state index in [1.807, 2.05) is 15.9 Å². The molecule has 0 spiro atoms. The summed E-state index contributed by atoms with van der Waals surface area (Å²) in [6.45, 7) is 3.83. The van der Waals surface area contributed by atoms with Gasteiger partial charge in [0, 0.05) is 31.5 Å². The molecule has 134 valence electrons. The van der Waals surface area contributed by atoms with E-state index in [-0.39, 0.29) is 17.9 Å². The molecule has 0 aromatic heterocycles. The van der Waals surface area contributed by atoms with E-state index in [1.165, 1.54) is 5.56 Å². The third kappa shape index (κ3) is 3.07. The highest BCUT2D eigenvalue weighted by atomic mass is 16.2. The fraction of sp³-hybridized carbons (Fsp3) is 0.619. The van der Waals surface area contributed by atoms with Crippen LogP contribution in [0.4, 0.5) is 0 Å². The van der Waals surface area contributed by atoms with E-state index >= 15 is 0 Å². The van der Waals surface area contributed by atoms with Crippen molar-refractivity contribution in [1.82, 2.24) is 9.80 Å². The molecule has 4 rings (SSSR count). The summed E-state index contributed by atoms with van der Waals surface area (Å²) >= 11 is 0. The number of rotatable bonds is 2. The molecule has 3 heterocycles. The van der Waals surface area contributed by atoms with Gasteiger partial charge in [-0.2, -0.15) is 0 Å². The van der Waals surface area contributed by atoms with Gasteiger partial charge in [0.25, 0.3) is 0 Å². The lowest BCUT2D eigenvalue weighted by atomic mass is 9.90. The first-order valence-electron chi connectivity index (χ1n) is 9.80. The molecule has 25 heavy (non-hydrogen) atoms. The maximum absolute atomic E-state index is 13.2. The zero-order chi connectivity index (χ0) is 17.4. The van der Waals surface area contributed by atoms with Crippen LogP contribution in [0, 0.1) is 5.92 Å². The van der Waals surface area contributed by atoms with Crippen molar-refractivity contribution in [2.45, 2.75) is 63.5 Å². The highest BCUT2D eigenvalue weighted by Gasteiger charge is 2.44. The van der Waals surface area contributed by atoms with Crippen molar-refractivity contribution in [3.63, 3.8) is 0 Å². The summed E-state index contributed by atoms with van der Waals surface area (Å²) in [4.78, 5) is 29.7. The second-order valence-electron chi connectivity index (χ2n) is 8.03. The molecule has 1 aromatic carbocycles. The Balaban J connectivity index is 1.49. The molecule has 1 aromatic rings. The Morgan fingerprint density at radius 1 is 1.04 bits per heavy atom. The minimum absolute atomic E-state index is 0.183. The number of carbonyl (C=O) groups is 2. The molecule has 0 N–H and O–H groups in total. The fourth-order valence-corrected chi connectivity index (χ4v) is 5.06. The molecule has 0 saturated carbocycles. The largest absolute Gasteiger partial charge is 0.340 e. The predicted molar refractivity (Wildman–Crippen MR) is 97.1 cm³/mol. The number of carbonyl (C=O) groups excluding carboxylic acids is 2. The molecular formula is C21H28N2O2. The van der Waals surface area contributed by atoms with Gasteiger partial charge in [-0.15, -0.1) is 0 Å². The maximum Gasteiger partial charge on any atom is 0.245 e. The molecule has 3 fully saturated rings. The van der Waals surface area contributed by atoms with Crippen molar-refractivity contribution in [2.75, 3.05) is 13.1 Å². The van der Waals surface area contributed by atoms with Crippen LogP contribution in [0.25, 0.3) is 0 Å². The van der Waals surface area contributed by atoms with Crippen LogP contribution in [-0.2, 0) is 9.59 Å². The Morgan fingerprint density at radius 3 is 2.64 bits per heavy atom. The number of fused-ring (bicyclic) bond motifs is 1. The number of hydrogen-bond acceptors (Lipinski definition) is 2. The van der Waals surface area contributed by atoms with Crippen LogP contribution in [0.1, 0.15) is 56.9 Å². The lowest BCUT2D eigenvalue weighted by Gasteiger charge is -2.31. The molecule has 0 unspecified atom stereocenters. The van der Waals surface area contributed by atoms with Crippen molar-refractivity contribution in [3.05, 3.63) is 35.9 Å². The van der Waals surface area contributed by atoms with E-state index in [0.29, 0.717) is 24.3 Å². The van der Waals surface area contributed by atoms with E-state index in [4.69, 9.17) is 0 Å². The van der Waals surface area contributed by atoms with E-state index in [2.05, 4.69) is 31.2 Å². The average Bonchev–Trinajstić information content (AvgIpc) is 3.18. The summed E-state index contributed by atoms with van der Waals surface area (Å²) in [5, 5.41) is 0. The normalized spacial score (nSPS) is 32.6. The Bertz CT molecular complexity index is 645. The number of benzene rings is 1. The summed E-state index contributed by atoms with van der Waals surface area (Å²) in [5.41, 5.74) is 1.32. The first-order valence-corrected chi connectivity index (χ1v) is 9.80. The lowest BCUT2D eigenvalue weighted by molar-refractivity contribution is -0.144. The van der Waals surface area contributed by atoms with Crippen molar-refractivity contribution < 1.29 is 9.59 Å². The monoisotopic (exact) mass is 340 g/mol. The Kier molecular flexibility index (Phi) is 4.53.